The first-order valence-corrected chi connectivity index (χ1v) is 8.05. The van der Waals surface area contributed by atoms with E-state index in [0.29, 0.717) is 30.3 Å². The van der Waals surface area contributed by atoms with E-state index in [2.05, 4.69) is 20.1 Å². The molecule has 4 nitrogen and oxygen atoms in total. The second kappa shape index (κ2) is 7.86. The third-order valence-corrected chi connectivity index (χ3v) is 3.34. The van der Waals surface area contributed by atoms with Gasteiger partial charge in [0.1, 0.15) is 30.3 Å². The third kappa shape index (κ3) is 4.51. The minimum Gasteiger partial charge on any atom is -0.489 e. The lowest BCUT2D eigenvalue weighted by atomic mass is 10.0. The highest BCUT2D eigenvalue weighted by Crippen LogP contribution is 2.34. The Kier molecular flexibility index (Phi) is 5.85. The van der Waals surface area contributed by atoms with E-state index in [0.717, 1.165) is 34.9 Å². The standard InChI is InChI=1S/C20H24O4/c1-6-7-15-8-19(21)24-18-10-16(22-11-13(2)3)9-17(20(15)18)23-12-14(4)5/h8-10H,2,4,6-7,11-12H2,1,3,5H3. The largest absolute Gasteiger partial charge is 0.489 e. The van der Waals surface area contributed by atoms with Crippen molar-refractivity contribution in [2.24, 2.45) is 0 Å². The summed E-state index contributed by atoms with van der Waals surface area (Å²) in [6.07, 6.45) is 1.70. The van der Waals surface area contributed by atoms with Crippen LogP contribution >= 0.6 is 0 Å². The predicted molar refractivity (Wildman–Crippen MR) is 97.1 cm³/mol. The van der Waals surface area contributed by atoms with Gasteiger partial charge in [0.25, 0.3) is 0 Å². The zero-order chi connectivity index (χ0) is 17.7. The molecule has 0 saturated heterocycles. The summed E-state index contributed by atoms with van der Waals surface area (Å²) in [5.41, 5.74) is 2.84. The molecule has 0 amide bonds. The zero-order valence-corrected chi connectivity index (χ0v) is 14.6. The lowest BCUT2D eigenvalue weighted by Crippen LogP contribution is -2.05. The zero-order valence-electron chi connectivity index (χ0n) is 14.6. The molecule has 0 atom stereocenters. The van der Waals surface area contributed by atoms with Gasteiger partial charge in [-0.1, -0.05) is 26.5 Å². The number of hydrogen-bond donors (Lipinski definition) is 0. The van der Waals surface area contributed by atoms with Crippen molar-refractivity contribution in [1.29, 1.82) is 0 Å². The van der Waals surface area contributed by atoms with E-state index in [-0.39, 0.29) is 5.63 Å². The van der Waals surface area contributed by atoms with Crippen LogP contribution in [0.2, 0.25) is 0 Å². The number of rotatable bonds is 8. The molecule has 0 aliphatic carbocycles. The molecule has 1 heterocycles. The van der Waals surface area contributed by atoms with Crippen molar-refractivity contribution in [3.05, 3.63) is 58.5 Å². The van der Waals surface area contributed by atoms with Crippen LogP contribution in [0, 0.1) is 0 Å². The number of ether oxygens (including phenoxy) is 2. The van der Waals surface area contributed by atoms with Gasteiger partial charge in [-0.2, -0.15) is 0 Å². The molecular weight excluding hydrogens is 304 g/mol. The molecule has 0 N–H and O–H groups in total. The topological polar surface area (TPSA) is 48.7 Å². The van der Waals surface area contributed by atoms with E-state index in [1.165, 1.54) is 6.07 Å². The van der Waals surface area contributed by atoms with Gasteiger partial charge < -0.3 is 13.9 Å². The highest BCUT2D eigenvalue weighted by atomic mass is 16.5. The van der Waals surface area contributed by atoms with Gasteiger partial charge in [0.15, 0.2) is 0 Å². The van der Waals surface area contributed by atoms with Gasteiger partial charge >= 0.3 is 5.63 Å². The second-order valence-electron chi connectivity index (χ2n) is 6.13. The quantitative estimate of drug-likeness (QED) is 0.522. The molecule has 1 aromatic heterocycles. The van der Waals surface area contributed by atoms with Crippen LogP contribution in [0.15, 0.2) is 51.7 Å². The smallest absolute Gasteiger partial charge is 0.336 e. The van der Waals surface area contributed by atoms with Gasteiger partial charge in [-0.25, -0.2) is 4.79 Å². The summed E-state index contributed by atoms with van der Waals surface area (Å²) in [5, 5.41) is 0.820. The van der Waals surface area contributed by atoms with E-state index in [4.69, 9.17) is 13.9 Å². The Labute approximate surface area is 142 Å². The summed E-state index contributed by atoms with van der Waals surface area (Å²) < 4.78 is 17.0. The monoisotopic (exact) mass is 328 g/mol. The Balaban J connectivity index is 2.58. The molecule has 0 saturated carbocycles. The Morgan fingerprint density at radius 3 is 2.38 bits per heavy atom. The van der Waals surface area contributed by atoms with Gasteiger partial charge in [-0.05, 0) is 37.0 Å². The molecule has 4 heteroatoms. The van der Waals surface area contributed by atoms with Gasteiger partial charge in [0.2, 0.25) is 0 Å². The van der Waals surface area contributed by atoms with Crippen molar-refractivity contribution >= 4 is 11.0 Å². The van der Waals surface area contributed by atoms with Crippen molar-refractivity contribution in [2.75, 3.05) is 13.2 Å². The maximum absolute atomic E-state index is 11.9. The Hall–Kier alpha value is -2.49. The van der Waals surface area contributed by atoms with Crippen molar-refractivity contribution < 1.29 is 13.9 Å². The van der Waals surface area contributed by atoms with Crippen LogP contribution in [-0.2, 0) is 6.42 Å². The van der Waals surface area contributed by atoms with Gasteiger partial charge in [-0.15, -0.1) is 0 Å². The average molecular weight is 328 g/mol. The van der Waals surface area contributed by atoms with E-state index in [9.17, 15) is 4.79 Å². The Morgan fingerprint density at radius 1 is 1.08 bits per heavy atom. The molecule has 1 aromatic carbocycles. The molecule has 0 fully saturated rings. The van der Waals surface area contributed by atoms with Crippen molar-refractivity contribution in [3.8, 4) is 11.5 Å². The molecule has 24 heavy (non-hydrogen) atoms. The summed E-state index contributed by atoms with van der Waals surface area (Å²) >= 11 is 0. The van der Waals surface area contributed by atoms with Crippen molar-refractivity contribution in [3.63, 3.8) is 0 Å². The normalized spacial score (nSPS) is 10.6. The van der Waals surface area contributed by atoms with Crippen molar-refractivity contribution in [1.82, 2.24) is 0 Å². The predicted octanol–water partition coefficient (Wildman–Crippen LogP) is 4.66. The van der Waals surface area contributed by atoms with E-state index in [1.807, 2.05) is 19.9 Å². The van der Waals surface area contributed by atoms with Crippen LogP contribution < -0.4 is 15.1 Å². The van der Waals surface area contributed by atoms with Crippen LogP contribution in [-0.4, -0.2) is 13.2 Å². The molecule has 0 spiro atoms. The van der Waals surface area contributed by atoms with Crippen LogP contribution in [0.3, 0.4) is 0 Å². The summed E-state index contributed by atoms with van der Waals surface area (Å²) in [7, 11) is 0. The first-order valence-electron chi connectivity index (χ1n) is 8.05. The minimum absolute atomic E-state index is 0.367. The molecule has 2 rings (SSSR count). The first-order chi connectivity index (χ1) is 11.4. The number of hydrogen-bond acceptors (Lipinski definition) is 4. The number of fused-ring (bicyclic) bond motifs is 1. The molecule has 0 unspecified atom stereocenters. The third-order valence-electron chi connectivity index (χ3n) is 3.34. The summed E-state index contributed by atoms with van der Waals surface area (Å²) in [6, 6.07) is 5.09. The molecule has 0 aliphatic heterocycles. The maximum Gasteiger partial charge on any atom is 0.336 e. The fraction of sp³-hybridized carbons (Fsp3) is 0.350. The molecule has 128 valence electrons. The molecule has 0 radical (unpaired) electrons. The SMILES string of the molecule is C=C(C)COc1cc(OCC(=C)C)c2c(CCC)cc(=O)oc2c1. The summed E-state index contributed by atoms with van der Waals surface area (Å²) in [4.78, 5) is 11.9. The van der Waals surface area contributed by atoms with Gasteiger partial charge in [0, 0.05) is 18.2 Å². The van der Waals surface area contributed by atoms with Crippen LogP contribution in [0.4, 0.5) is 0 Å². The Bertz CT molecular complexity index is 814. The average Bonchev–Trinajstić information content (AvgIpc) is 2.50. The van der Waals surface area contributed by atoms with E-state index >= 15 is 0 Å². The fourth-order valence-electron chi connectivity index (χ4n) is 2.39. The molecule has 0 aliphatic rings. The summed E-state index contributed by atoms with van der Waals surface area (Å²) in [5.74, 6) is 1.22. The van der Waals surface area contributed by atoms with Gasteiger partial charge in [-0.3, -0.25) is 0 Å². The maximum atomic E-state index is 11.9. The molecular formula is C20H24O4. The van der Waals surface area contributed by atoms with E-state index in [1.54, 1.807) is 6.07 Å². The van der Waals surface area contributed by atoms with Crippen LogP contribution in [0.25, 0.3) is 11.0 Å². The second-order valence-corrected chi connectivity index (χ2v) is 6.13. The highest BCUT2D eigenvalue weighted by Gasteiger charge is 2.14. The molecule has 0 bridgehead atoms. The Morgan fingerprint density at radius 2 is 1.75 bits per heavy atom. The van der Waals surface area contributed by atoms with Gasteiger partial charge in [0.05, 0.1) is 5.39 Å². The van der Waals surface area contributed by atoms with Crippen LogP contribution in [0.5, 0.6) is 11.5 Å². The number of benzene rings is 1. The highest BCUT2D eigenvalue weighted by molar-refractivity contribution is 5.88. The fourth-order valence-corrected chi connectivity index (χ4v) is 2.39. The van der Waals surface area contributed by atoms with E-state index < -0.39 is 0 Å². The number of aryl methyl sites for hydroxylation is 1. The lowest BCUT2D eigenvalue weighted by molar-refractivity contribution is 0.336. The van der Waals surface area contributed by atoms with Crippen LogP contribution in [0.1, 0.15) is 32.8 Å². The summed E-state index contributed by atoms with van der Waals surface area (Å²) in [6.45, 7) is 14.3. The minimum atomic E-state index is -0.367. The lowest BCUT2D eigenvalue weighted by Gasteiger charge is -2.14. The van der Waals surface area contributed by atoms with Crippen molar-refractivity contribution in [2.45, 2.75) is 33.6 Å². The first kappa shape index (κ1) is 17.9. The molecule has 2 aromatic rings.